The first kappa shape index (κ1) is 37.1. The van der Waals surface area contributed by atoms with E-state index in [0.29, 0.717) is 22.5 Å². The van der Waals surface area contributed by atoms with Crippen LogP contribution in [0.25, 0.3) is 17.3 Å². The molecule has 0 saturated heterocycles. The zero-order valence-electron chi connectivity index (χ0n) is 27.1. The average molecular weight is 587 g/mol. The third kappa shape index (κ3) is 10.7. The van der Waals surface area contributed by atoms with Crippen molar-refractivity contribution in [3.8, 4) is 24.1 Å². The molecule has 43 heavy (non-hydrogen) atoms. The van der Waals surface area contributed by atoms with Crippen LogP contribution >= 0.6 is 0 Å². The first-order valence-electron chi connectivity index (χ1n) is 14.9. The summed E-state index contributed by atoms with van der Waals surface area (Å²) in [6, 6.07) is 7.89. The van der Waals surface area contributed by atoms with E-state index in [1.54, 1.807) is 25.3 Å². The van der Waals surface area contributed by atoms with Crippen molar-refractivity contribution >= 4 is 17.5 Å². The molecule has 1 unspecified atom stereocenters. The second-order valence-electron chi connectivity index (χ2n) is 10.5. The van der Waals surface area contributed by atoms with E-state index in [1.807, 2.05) is 26.0 Å². The summed E-state index contributed by atoms with van der Waals surface area (Å²) in [4.78, 5) is 13.9. The minimum Gasteiger partial charge on any atom is -0.316 e. The molecule has 0 aliphatic rings. The third-order valence-corrected chi connectivity index (χ3v) is 6.65. The van der Waals surface area contributed by atoms with Crippen LogP contribution in [0.3, 0.4) is 0 Å². The minimum absolute atomic E-state index is 0.0323. The minimum atomic E-state index is -0.609. The molecule has 0 radical (unpaired) electrons. The van der Waals surface area contributed by atoms with Gasteiger partial charge in [0.05, 0.1) is 11.4 Å². The molecule has 1 N–H and O–H groups in total. The standard InChI is InChI=1S/C28H29F2N3.C7H17N.C2H2/c1-7-11-17(4)26-27(21(9-3)14-15-31-26)32-18(5)22-16-24(30)28(33-19(22)6)25-20(8-2)12-10-13-23(25)29;1-4-5-8-6-7(2)3;1-2/h7-8,10-17H,2,9H2,1,3-6H3;7-8H,4-6H2,1-3H3;1-2H/b11-7-,32-18?;;. The third-order valence-electron chi connectivity index (χ3n) is 6.65. The maximum absolute atomic E-state index is 15.2. The van der Waals surface area contributed by atoms with Gasteiger partial charge < -0.3 is 5.32 Å². The van der Waals surface area contributed by atoms with Crippen molar-refractivity contribution in [2.24, 2.45) is 10.9 Å². The van der Waals surface area contributed by atoms with Crippen molar-refractivity contribution in [3.63, 3.8) is 0 Å². The Bertz CT molecular complexity index is 1400. The number of aryl methyl sites for hydroxylation is 2. The van der Waals surface area contributed by atoms with Gasteiger partial charge in [-0.15, -0.1) is 12.8 Å². The zero-order valence-corrected chi connectivity index (χ0v) is 27.1. The van der Waals surface area contributed by atoms with Crippen molar-refractivity contribution in [1.82, 2.24) is 15.3 Å². The molecule has 0 fully saturated rings. The largest absolute Gasteiger partial charge is 0.316 e. The molecule has 230 valence electrons. The molecule has 3 aromatic rings. The molecule has 4 nitrogen and oxygen atoms in total. The Balaban J connectivity index is 0.000000801. The smallest absolute Gasteiger partial charge is 0.150 e. The summed E-state index contributed by atoms with van der Waals surface area (Å²) in [5.74, 6) is -0.268. The molecular weight excluding hydrogens is 538 g/mol. The molecule has 0 aliphatic heterocycles. The fraction of sp³-hybridized carbons (Fsp3) is 0.378. The van der Waals surface area contributed by atoms with Gasteiger partial charge in [0.25, 0.3) is 0 Å². The second kappa shape index (κ2) is 19.3. The number of nitrogens with one attached hydrogen (secondary N) is 1. The van der Waals surface area contributed by atoms with Gasteiger partial charge in [-0.05, 0) is 81.9 Å². The van der Waals surface area contributed by atoms with Crippen molar-refractivity contribution in [2.45, 2.75) is 74.1 Å². The van der Waals surface area contributed by atoms with E-state index >= 15 is 4.39 Å². The van der Waals surface area contributed by atoms with Gasteiger partial charge in [0.1, 0.15) is 17.3 Å². The first-order chi connectivity index (χ1) is 20.6. The summed E-state index contributed by atoms with van der Waals surface area (Å²) in [5.41, 5.74) is 5.07. The van der Waals surface area contributed by atoms with Gasteiger partial charge in [-0.1, -0.05) is 71.6 Å². The molecule has 0 spiro atoms. The molecule has 6 heteroatoms. The number of rotatable bonds is 11. The zero-order chi connectivity index (χ0) is 32.5. The highest BCUT2D eigenvalue weighted by atomic mass is 19.1. The second-order valence-corrected chi connectivity index (χ2v) is 10.5. The number of hydrogen-bond acceptors (Lipinski definition) is 4. The van der Waals surface area contributed by atoms with E-state index in [2.05, 4.69) is 75.4 Å². The Kier molecular flexibility index (Phi) is 16.6. The van der Waals surface area contributed by atoms with Crippen LogP contribution in [-0.2, 0) is 6.42 Å². The predicted molar refractivity (Wildman–Crippen MR) is 181 cm³/mol. The summed E-state index contributed by atoms with van der Waals surface area (Å²) in [6.07, 6.45) is 17.4. The molecule has 0 bridgehead atoms. The van der Waals surface area contributed by atoms with E-state index in [1.165, 1.54) is 24.6 Å². The molecular formula is C37H48F2N4. The van der Waals surface area contributed by atoms with Crippen LogP contribution in [0, 0.1) is 37.3 Å². The number of hydrogen-bond donors (Lipinski definition) is 1. The van der Waals surface area contributed by atoms with Crippen LogP contribution in [0.1, 0.15) is 88.9 Å². The monoisotopic (exact) mass is 586 g/mol. The number of halogens is 2. The highest BCUT2D eigenvalue weighted by Crippen LogP contribution is 2.33. The molecule has 2 aromatic heterocycles. The summed E-state index contributed by atoms with van der Waals surface area (Å²) >= 11 is 0. The van der Waals surface area contributed by atoms with Gasteiger partial charge in [-0.25, -0.2) is 13.8 Å². The highest BCUT2D eigenvalue weighted by molar-refractivity contribution is 6.01. The molecule has 1 aromatic carbocycles. The van der Waals surface area contributed by atoms with Crippen LogP contribution in [0.4, 0.5) is 14.5 Å². The number of benzene rings is 1. The van der Waals surface area contributed by atoms with Crippen molar-refractivity contribution in [1.29, 1.82) is 0 Å². The molecule has 0 amide bonds. The predicted octanol–water partition coefficient (Wildman–Crippen LogP) is 9.65. The van der Waals surface area contributed by atoms with E-state index in [0.717, 1.165) is 42.4 Å². The van der Waals surface area contributed by atoms with Gasteiger partial charge in [0, 0.05) is 34.6 Å². The number of allylic oxidation sites excluding steroid dienone is 2. The van der Waals surface area contributed by atoms with Gasteiger partial charge in [0.2, 0.25) is 0 Å². The number of pyridine rings is 2. The van der Waals surface area contributed by atoms with Gasteiger partial charge in [-0.3, -0.25) is 9.98 Å². The maximum Gasteiger partial charge on any atom is 0.150 e. The van der Waals surface area contributed by atoms with Crippen molar-refractivity contribution in [3.05, 3.63) is 95.0 Å². The molecule has 3 rings (SSSR count). The lowest BCUT2D eigenvalue weighted by Gasteiger charge is -2.15. The first-order valence-corrected chi connectivity index (χ1v) is 14.9. The number of aromatic nitrogens is 2. The quantitative estimate of drug-likeness (QED) is 0.105. The summed E-state index contributed by atoms with van der Waals surface area (Å²) in [7, 11) is 0. The lowest BCUT2D eigenvalue weighted by Crippen LogP contribution is -2.19. The fourth-order valence-electron chi connectivity index (χ4n) is 4.52. The van der Waals surface area contributed by atoms with Crippen LogP contribution < -0.4 is 5.32 Å². The van der Waals surface area contributed by atoms with E-state index in [4.69, 9.17) is 4.99 Å². The Morgan fingerprint density at radius 3 is 2.40 bits per heavy atom. The van der Waals surface area contributed by atoms with E-state index in [9.17, 15) is 4.39 Å². The molecule has 0 saturated carbocycles. The van der Waals surface area contributed by atoms with Crippen molar-refractivity contribution < 1.29 is 8.78 Å². The van der Waals surface area contributed by atoms with Crippen LogP contribution in [0.5, 0.6) is 0 Å². The van der Waals surface area contributed by atoms with Crippen LogP contribution in [0.15, 0.2) is 60.3 Å². The summed E-state index contributed by atoms with van der Waals surface area (Å²) < 4.78 is 29.8. The Morgan fingerprint density at radius 1 is 1.12 bits per heavy atom. The summed E-state index contributed by atoms with van der Waals surface area (Å²) in [6.45, 7) is 22.4. The SMILES string of the molecule is C#C.C=Cc1cccc(F)c1-c1nc(C)c(C(C)=Nc2c(CC)ccnc2C(C)/C=C\C)cc1F.CCCNCC(C)C. The number of terminal acetylenes is 1. The molecule has 2 heterocycles. The van der Waals surface area contributed by atoms with Gasteiger partial charge in [-0.2, -0.15) is 0 Å². The van der Waals surface area contributed by atoms with Crippen LogP contribution in [-0.4, -0.2) is 28.8 Å². The Morgan fingerprint density at radius 2 is 1.81 bits per heavy atom. The van der Waals surface area contributed by atoms with E-state index < -0.39 is 11.6 Å². The Hall–Kier alpha value is -3.95. The highest BCUT2D eigenvalue weighted by Gasteiger charge is 2.19. The van der Waals surface area contributed by atoms with E-state index in [-0.39, 0.29) is 17.2 Å². The van der Waals surface area contributed by atoms with Gasteiger partial charge >= 0.3 is 0 Å². The Labute approximate surface area is 258 Å². The summed E-state index contributed by atoms with van der Waals surface area (Å²) in [5, 5.41) is 3.33. The maximum atomic E-state index is 15.2. The lowest BCUT2D eigenvalue weighted by molar-refractivity contribution is 0.550. The van der Waals surface area contributed by atoms with Crippen molar-refractivity contribution in [2.75, 3.05) is 13.1 Å². The number of aliphatic imine (C=N–C) groups is 1. The topological polar surface area (TPSA) is 50.2 Å². The fourth-order valence-corrected chi connectivity index (χ4v) is 4.52. The van der Waals surface area contributed by atoms with Crippen LogP contribution in [0.2, 0.25) is 0 Å². The average Bonchev–Trinajstić information content (AvgIpc) is 2.99. The van der Waals surface area contributed by atoms with Gasteiger partial charge in [0.15, 0.2) is 0 Å². The number of nitrogens with zero attached hydrogens (tertiary/aromatic N) is 3. The lowest BCUT2D eigenvalue weighted by atomic mass is 9.99. The molecule has 0 aliphatic carbocycles. The normalized spacial score (nSPS) is 11.9. The molecule has 1 atom stereocenters.